The maximum atomic E-state index is 8.86. The molecule has 1 unspecified atom stereocenters. The van der Waals surface area contributed by atoms with E-state index in [0.717, 1.165) is 32.5 Å². The highest BCUT2D eigenvalue weighted by Gasteiger charge is 2.05. The first-order valence-corrected chi connectivity index (χ1v) is 5.76. The van der Waals surface area contributed by atoms with Gasteiger partial charge in [-0.3, -0.25) is 0 Å². The van der Waals surface area contributed by atoms with Crippen molar-refractivity contribution in [2.75, 3.05) is 33.0 Å². The molecule has 0 aromatic rings. The second kappa shape index (κ2) is 11.9. The van der Waals surface area contributed by atoms with Crippen molar-refractivity contribution in [2.45, 2.75) is 39.4 Å². The van der Waals surface area contributed by atoms with Crippen LogP contribution in [-0.2, 0) is 14.2 Å². The molecule has 0 aromatic heterocycles. The van der Waals surface area contributed by atoms with Gasteiger partial charge >= 0.3 is 0 Å². The maximum Gasteiger partial charge on any atom is 0.180 e. The molecule has 4 nitrogen and oxygen atoms in total. The summed E-state index contributed by atoms with van der Waals surface area (Å²) >= 11 is 0. The first kappa shape index (κ1) is 14.8. The zero-order chi connectivity index (χ0) is 11.4. The van der Waals surface area contributed by atoms with Crippen molar-refractivity contribution in [3.63, 3.8) is 0 Å². The van der Waals surface area contributed by atoms with Crippen molar-refractivity contribution in [1.82, 2.24) is 0 Å². The van der Waals surface area contributed by atoms with E-state index in [4.69, 9.17) is 19.3 Å². The van der Waals surface area contributed by atoms with Crippen molar-refractivity contribution in [1.29, 1.82) is 0 Å². The van der Waals surface area contributed by atoms with Crippen LogP contribution in [0.2, 0.25) is 0 Å². The Balaban J connectivity index is 3.14. The Kier molecular flexibility index (Phi) is 11.8. The first-order chi connectivity index (χ1) is 7.35. The van der Waals surface area contributed by atoms with Gasteiger partial charge in [0.2, 0.25) is 0 Å². The Bertz CT molecular complexity index is 119. The highest BCUT2D eigenvalue weighted by Crippen LogP contribution is 2.00. The Morgan fingerprint density at radius 3 is 2.27 bits per heavy atom. The van der Waals surface area contributed by atoms with Crippen LogP contribution in [0.4, 0.5) is 0 Å². The van der Waals surface area contributed by atoms with E-state index in [1.54, 1.807) is 0 Å². The van der Waals surface area contributed by atoms with Crippen LogP contribution < -0.4 is 0 Å². The van der Waals surface area contributed by atoms with Crippen LogP contribution in [0.5, 0.6) is 0 Å². The van der Waals surface area contributed by atoms with Gasteiger partial charge in [0.15, 0.2) is 6.29 Å². The second-order valence-electron chi connectivity index (χ2n) is 3.20. The number of hydrogen-bond acceptors (Lipinski definition) is 4. The smallest absolute Gasteiger partial charge is 0.180 e. The van der Waals surface area contributed by atoms with Gasteiger partial charge in [0.1, 0.15) is 0 Å². The summed E-state index contributed by atoms with van der Waals surface area (Å²) in [5.41, 5.74) is 0. The Hall–Kier alpha value is -0.160. The van der Waals surface area contributed by atoms with Gasteiger partial charge in [0, 0.05) is 26.4 Å². The minimum absolute atomic E-state index is 0.0766. The van der Waals surface area contributed by atoms with E-state index in [1.165, 1.54) is 0 Å². The quantitative estimate of drug-likeness (QED) is 0.424. The largest absolute Gasteiger partial charge is 0.391 e. The maximum absolute atomic E-state index is 8.86. The van der Waals surface area contributed by atoms with Crippen LogP contribution in [0, 0.1) is 0 Å². The number of ether oxygens (including phenoxy) is 3. The molecule has 0 heterocycles. The standard InChI is InChI=1S/C11H24O4/c1-3-13-8-6-5-7-9-15-11(10-12)14-4-2/h11-12H,3-10H2,1-2H3. The van der Waals surface area contributed by atoms with Crippen molar-refractivity contribution >= 4 is 0 Å². The summed E-state index contributed by atoms with van der Waals surface area (Å²) in [6.45, 7) is 6.61. The van der Waals surface area contributed by atoms with E-state index >= 15 is 0 Å². The molecule has 0 fully saturated rings. The number of hydrogen-bond donors (Lipinski definition) is 1. The van der Waals surface area contributed by atoms with Gasteiger partial charge in [-0.1, -0.05) is 0 Å². The Labute approximate surface area is 92.5 Å². The molecule has 92 valence electrons. The monoisotopic (exact) mass is 220 g/mol. The minimum atomic E-state index is -0.457. The zero-order valence-corrected chi connectivity index (χ0v) is 9.91. The molecule has 1 atom stereocenters. The van der Waals surface area contributed by atoms with Crippen LogP contribution in [0.15, 0.2) is 0 Å². The third-order valence-corrected chi connectivity index (χ3v) is 1.94. The van der Waals surface area contributed by atoms with Crippen molar-refractivity contribution in [3.8, 4) is 0 Å². The van der Waals surface area contributed by atoms with E-state index in [2.05, 4.69) is 0 Å². The normalized spacial score (nSPS) is 13.0. The summed E-state index contributed by atoms with van der Waals surface area (Å²) in [4.78, 5) is 0. The van der Waals surface area contributed by atoms with E-state index in [1.807, 2.05) is 13.8 Å². The average Bonchev–Trinajstić information content (AvgIpc) is 2.26. The van der Waals surface area contributed by atoms with Gasteiger partial charge in [0.05, 0.1) is 6.61 Å². The van der Waals surface area contributed by atoms with Crippen LogP contribution in [0.25, 0.3) is 0 Å². The first-order valence-electron chi connectivity index (χ1n) is 5.76. The van der Waals surface area contributed by atoms with Gasteiger partial charge < -0.3 is 19.3 Å². The fourth-order valence-electron chi connectivity index (χ4n) is 1.18. The number of rotatable bonds is 11. The topological polar surface area (TPSA) is 47.9 Å². The Morgan fingerprint density at radius 2 is 1.67 bits per heavy atom. The lowest BCUT2D eigenvalue weighted by Gasteiger charge is -2.14. The Morgan fingerprint density at radius 1 is 0.933 bits per heavy atom. The number of unbranched alkanes of at least 4 members (excludes halogenated alkanes) is 2. The number of aliphatic hydroxyl groups excluding tert-OH is 1. The zero-order valence-electron chi connectivity index (χ0n) is 9.91. The highest BCUT2D eigenvalue weighted by atomic mass is 16.7. The molecule has 0 bridgehead atoms. The SMILES string of the molecule is CCOCCCCCOC(CO)OCC. The molecule has 0 saturated carbocycles. The highest BCUT2D eigenvalue weighted by molar-refractivity contribution is 4.43. The molecule has 0 aliphatic rings. The molecule has 0 saturated heterocycles. The summed E-state index contributed by atoms with van der Waals surface area (Å²) in [7, 11) is 0. The molecular weight excluding hydrogens is 196 g/mol. The van der Waals surface area contributed by atoms with Crippen molar-refractivity contribution in [2.24, 2.45) is 0 Å². The van der Waals surface area contributed by atoms with Gasteiger partial charge in [-0.05, 0) is 33.1 Å². The molecule has 0 aliphatic heterocycles. The van der Waals surface area contributed by atoms with E-state index < -0.39 is 6.29 Å². The molecule has 0 rings (SSSR count). The molecule has 1 N–H and O–H groups in total. The van der Waals surface area contributed by atoms with Gasteiger partial charge in [0.25, 0.3) is 0 Å². The van der Waals surface area contributed by atoms with Gasteiger partial charge in [-0.25, -0.2) is 0 Å². The summed E-state index contributed by atoms with van der Waals surface area (Å²) < 4.78 is 15.7. The van der Waals surface area contributed by atoms with E-state index in [0.29, 0.717) is 13.2 Å². The lowest BCUT2D eigenvalue weighted by molar-refractivity contribution is -0.160. The van der Waals surface area contributed by atoms with Crippen LogP contribution >= 0.6 is 0 Å². The molecule has 0 amide bonds. The molecule has 0 aromatic carbocycles. The van der Waals surface area contributed by atoms with Crippen LogP contribution in [0.1, 0.15) is 33.1 Å². The molecule has 4 heteroatoms. The van der Waals surface area contributed by atoms with Gasteiger partial charge in [-0.15, -0.1) is 0 Å². The molecule has 15 heavy (non-hydrogen) atoms. The average molecular weight is 220 g/mol. The molecule has 0 aliphatic carbocycles. The van der Waals surface area contributed by atoms with Crippen molar-refractivity contribution < 1.29 is 19.3 Å². The summed E-state index contributed by atoms with van der Waals surface area (Å²) in [5, 5.41) is 8.86. The van der Waals surface area contributed by atoms with Crippen LogP contribution in [0.3, 0.4) is 0 Å². The molecule has 0 radical (unpaired) electrons. The van der Waals surface area contributed by atoms with Crippen molar-refractivity contribution in [3.05, 3.63) is 0 Å². The fraction of sp³-hybridized carbons (Fsp3) is 1.00. The second-order valence-corrected chi connectivity index (χ2v) is 3.20. The van der Waals surface area contributed by atoms with E-state index in [-0.39, 0.29) is 6.61 Å². The molecule has 0 spiro atoms. The predicted octanol–water partition coefficient (Wildman–Crippen LogP) is 1.56. The fourth-order valence-corrected chi connectivity index (χ4v) is 1.18. The summed E-state index contributed by atoms with van der Waals surface area (Å²) in [6, 6.07) is 0. The predicted molar refractivity (Wildman–Crippen MR) is 58.8 cm³/mol. The summed E-state index contributed by atoms with van der Waals surface area (Å²) in [5.74, 6) is 0. The minimum Gasteiger partial charge on any atom is -0.391 e. The van der Waals surface area contributed by atoms with Gasteiger partial charge in [-0.2, -0.15) is 0 Å². The van der Waals surface area contributed by atoms with E-state index in [9.17, 15) is 0 Å². The third kappa shape index (κ3) is 10.1. The summed E-state index contributed by atoms with van der Waals surface area (Å²) in [6.07, 6.45) is 2.68. The lowest BCUT2D eigenvalue weighted by Crippen LogP contribution is -2.22. The molecular formula is C11H24O4. The lowest BCUT2D eigenvalue weighted by atomic mass is 10.2. The van der Waals surface area contributed by atoms with Crippen LogP contribution in [-0.4, -0.2) is 44.4 Å². The third-order valence-electron chi connectivity index (χ3n) is 1.94. The number of aliphatic hydroxyl groups is 1.